The first-order valence-corrected chi connectivity index (χ1v) is 4.04. The molecule has 0 aromatic heterocycles. The number of fused-ring (bicyclic) bond motifs is 1. The maximum absolute atomic E-state index is 12.8. The number of hydrogen-bond acceptors (Lipinski definition) is 2. The maximum atomic E-state index is 12.8. The van der Waals surface area contributed by atoms with Crippen molar-refractivity contribution in [3.8, 4) is 5.75 Å². The number of benzene rings is 1. The van der Waals surface area contributed by atoms with Gasteiger partial charge in [-0.2, -0.15) is 0 Å². The first-order chi connectivity index (χ1) is 6.31. The van der Waals surface area contributed by atoms with Gasteiger partial charge in [-0.15, -0.1) is 0 Å². The number of ether oxygens (including phenoxy) is 1. The van der Waals surface area contributed by atoms with Gasteiger partial charge in [0.2, 0.25) is 0 Å². The molecule has 2 nitrogen and oxygen atoms in total. The zero-order chi connectivity index (χ0) is 9.26. The average molecular weight is 180 g/mol. The van der Waals surface area contributed by atoms with E-state index in [1.807, 2.05) is 0 Å². The van der Waals surface area contributed by atoms with E-state index in [2.05, 4.69) is 0 Å². The van der Waals surface area contributed by atoms with Crippen molar-refractivity contribution < 1.29 is 14.2 Å². The third kappa shape index (κ3) is 1.42. The smallest absolute Gasteiger partial charge is 0.130 e. The molecule has 2 rings (SSSR count). The summed E-state index contributed by atoms with van der Waals surface area (Å²) in [4.78, 5) is 0. The second-order valence-corrected chi connectivity index (χ2v) is 2.84. The summed E-state index contributed by atoms with van der Waals surface area (Å²) in [7, 11) is 0. The monoisotopic (exact) mass is 180 g/mol. The Kier molecular flexibility index (Phi) is 2.02. The number of hydrogen-bond donors (Lipinski definition) is 1. The number of halogens is 1. The largest absolute Gasteiger partial charge is 0.489 e. The van der Waals surface area contributed by atoms with Crippen LogP contribution in [0.25, 0.3) is 5.57 Å². The SMILES string of the molecule is OCC1=CCOc2cc(F)ccc21. The summed E-state index contributed by atoms with van der Waals surface area (Å²) in [5, 5.41) is 8.99. The zero-order valence-corrected chi connectivity index (χ0v) is 6.96. The van der Waals surface area contributed by atoms with Crippen molar-refractivity contribution in [1.29, 1.82) is 0 Å². The second kappa shape index (κ2) is 3.18. The van der Waals surface area contributed by atoms with Gasteiger partial charge in [0, 0.05) is 11.6 Å². The van der Waals surface area contributed by atoms with Crippen LogP contribution in [0.4, 0.5) is 4.39 Å². The zero-order valence-electron chi connectivity index (χ0n) is 6.96. The maximum Gasteiger partial charge on any atom is 0.130 e. The molecule has 0 aliphatic carbocycles. The first kappa shape index (κ1) is 8.26. The van der Waals surface area contributed by atoms with Crippen molar-refractivity contribution in [3.05, 3.63) is 35.7 Å². The van der Waals surface area contributed by atoms with Crippen molar-refractivity contribution in [2.75, 3.05) is 13.2 Å². The van der Waals surface area contributed by atoms with Gasteiger partial charge in [-0.3, -0.25) is 0 Å². The average Bonchev–Trinajstić information content (AvgIpc) is 2.16. The fourth-order valence-electron chi connectivity index (χ4n) is 1.37. The molecular weight excluding hydrogens is 171 g/mol. The minimum Gasteiger partial charge on any atom is -0.489 e. The summed E-state index contributed by atoms with van der Waals surface area (Å²) in [5.74, 6) is 0.185. The highest BCUT2D eigenvalue weighted by atomic mass is 19.1. The molecule has 0 fully saturated rings. The molecule has 0 saturated carbocycles. The Labute approximate surface area is 75.3 Å². The fraction of sp³-hybridized carbons (Fsp3) is 0.200. The lowest BCUT2D eigenvalue weighted by molar-refractivity contribution is 0.332. The quantitative estimate of drug-likeness (QED) is 0.711. The van der Waals surface area contributed by atoms with Crippen LogP contribution >= 0.6 is 0 Å². The van der Waals surface area contributed by atoms with E-state index in [9.17, 15) is 4.39 Å². The Bertz CT molecular complexity index is 358. The van der Waals surface area contributed by atoms with Crippen LogP contribution in [0.1, 0.15) is 5.56 Å². The van der Waals surface area contributed by atoms with Gasteiger partial charge in [0.25, 0.3) is 0 Å². The molecule has 1 heterocycles. The molecule has 0 radical (unpaired) electrons. The normalized spacial score (nSPS) is 14.5. The highest BCUT2D eigenvalue weighted by molar-refractivity contribution is 5.72. The van der Waals surface area contributed by atoms with Crippen molar-refractivity contribution in [3.63, 3.8) is 0 Å². The molecule has 0 bridgehead atoms. The van der Waals surface area contributed by atoms with Crippen LogP contribution in [0.15, 0.2) is 24.3 Å². The van der Waals surface area contributed by atoms with E-state index in [0.717, 1.165) is 11.1 Å². The lowest BCUT2D eigenvalue weighted by atomic mass is 10.0. The molecule has 68 valence electrons. The van der Waals surface area contributed by atoms with E-state index in [1.165, 1.54) is 12.1 Å². The van der Waals surface area contributed by atoms with Crippen LogP contribution in [0.3, 0.4) is 0 Å². The Morgan fingerprint density at radius 3 is 3.08 bits per heavy atom. The van der Waals surface area contributed by atoms with E-state index in [0.29, 0.717) is 12.4 Å². The molecule has 1 aromatic carbocycles. The van der Waals surface area contributed by atoms with Gasteiger partial charge < -0.3 is 9.84 Å². The summed E-state index contributed by atoms with van der Waals surface area (Å²) in [5.41, 5.74) is 1.57. The van der Waals surface area contributed by atoms with E-state index < -0.39 is 0 Å². The molecule has 0 spiro atoms. The third-order valence-corrected chi connectivity index (χ3v) is 2.03. The highest BCUT2D eigenvalue weighted by Crippen LogP contribution is 2.29. The van der Waals surface area contributed by atoms with E-state index in [1.54, 1.807) is 12.1 Å². The molecule has 13 heavy (non-hydrogen) atoms. The molecule has 0 amide bonds. The molecule has 1 aromatic rings. The van der Waals surface area contributed by atoms with Gasteiger partial charge >= 0.3 is 0 Å². The lowest BCUT2D eigenvalue weighted by Crippen LogP contribution is -2.06. The first-order valence-electron chi connectivity index (χ1n) is 4.04. The summed E-state index contributed by atoms with van der Waals surface area (Å²) < 4.78 is 18.0. The van der Waals surface area contributed by atoms with E-state index in [-0.39, 0.29) is 12.4 Å². The van der Waals surface area contributed by atoms with Gasteiger partial charge in [0.05, 0.1) is 6.61 Å². The lowest BCUT2D eigenvalue weighted by Gasteiger charge is -2.16. The number of aliphatic hydroxyl groups excluding tert-OH is 1. The summed E-state index contributed by atoms with van der Waals surface area (Å²) in [6, 6.07) is 4.31. The Morgan fingerprint density at radius 2 is 2.31 bits per heavy atom. The van der Waals surface area contributed by atoms with E-state index >= 15 is 0 Å². The Balaban J connectivity index is 2.49. The van der Waals surface area contributed by atoms with Gasteiger partial charge in [-0.25, -0.2) is 4.39 Å². The van der Waals surface area contributed by atoms with Crippen LogP contribution in [0.5, 0.6) is 5.75 Å². The Hall–Kier alpha value is -1.35. The molecule has 1 N–H and O–H groups in total. The second-order valence-electron chi connectivity index (χ2n) is 2.84. The van der Waals surface area contributed by atoms with Gasteiger partial charge in [0.1, 0.15) is 18.2 Å². The van der Waals surface area contributed by atoms with Gasteiger partial charge in [0.15, 0.2) is 0 Å². The predicted molar refractivity (Wildman–Crippen MR) is 47.0 cm³/mol. The van der Waals surface area contributed by atoms with Crippen LogP contribution < -0.4 is 4.74 Å². The van der Waals surface area contributed by atoms with Crippen LogP contribution in [0.2, 0.25) is 0 Å². The minimum atomic E-state index is -0.321. The van der Waals surface area contributed by atoms with Crippen molar-refractivity contribution >= 4 is 5.57 Å². The van der Waals surface area contributed by atoms with Crippen LogP contribution in [-0.2, 0) is 0 Å². The molecule has 0 saturated heterocycles. The van der Waals surface area contributed by atoms with Gasteiger partial charge in [-0.1, -0.05) is 0 Å². The standard InChI is InChI=1S/C10H9FO2/c11-8-1-2-9-7(6-12)3-4-13-10(9)5-8/h1-3,5,12H,4,6H2. The predicted octanol–water partition coefficient (Wildman–Crippen LogP) is 1.59. The fourth-order valence-corrected chi connectivity index (χ4v) is 1.37. The molecular formula is C10H9FO2. The van der Waals surface area contributed by atoms with Crippen molar-refractivity contribution in [2.45, 2.75) is 0 Å². The van der Waals surface area contributed by atoms with Crippen LogP contribution in [0, 0.1) is 5.82 Å². The topological polar surface area (TPSA) is 29.5 Å². The summed E-state index contributed by atoms with van der Waals surface area (Å²) in [6.45, 7) is 0.355. The number of rotatable bonds is 1. The molecule has 1 aliphatic heterocycles. The Morgan fingerprint density at radius 1 is 1.46 bits per heavy atom. The summed E-state index contributed by atoms with van der Waals surface area (Å²) >= 11 is 0. The van der Waals surface area contributed by atoms with E-state index in [4.69, 9.17) is 9.84 Å². The molecule has 1 aliphatic rings. The summed E-state index contributed by atoms with van der Waals surface area (Å²) in [6.07, 6.45) is 1.79. The van der Waals surface area contributed by atoms with Crippen molar-refractivity contribution in [2.24, 2.45) is 0 Å². The minimum absolute atomic E-state index is 0.0397. The van der Waals surface area contributed by atoms with Crippen LogP contribution in [-0.4, -0.2) is 18.3 Å². The van der Waals surface area contributed by atoms with Gasteiger partial charge in [-0.05, 0) is 23.8 Å². The highest BCUT2D eigenvalue weighted by Gasteiger charge is 2.13. The molecule has 0 atom stereocenters. The van der Waals surface area contributed by atoms with Crippen molar-refractivity contribution in [1.82, 2.24) is 0 Å². The number of aliphatic hydroxyl groups is 1. The molecule has 0 unspecified atom stereocenters. The molecule has 3 heteroatoms. The third-order valence-electron chi connectivity index (χ3n) is 2.03.